The highest BCUT2D eigenvalue weighted by molar-refractivity contribution is 9.10. The summed E-state index contributed by atoms with van der Waals surface area (Å²) in [4.78, 5) is 13.7. The standard InChI is InChI=1S/C18H18BrClN2O3S/c1-11-7-14-8-16(19)18(9-17(14)22(11)12(2)23)26(24,25)21-10-13-3-5-15(20)6-4-13/h3-6,8-9,11,21H,7,10H2,1-2H3. The molecule has 1 N–H and O–H groups in total. The van der Waals surface area contributed by atoms with Crippen LogP contribution in [0.5, 0.6) is 0 Å². The van der Waals surface area contributed by atoms with Crippen molar-refractivity contribution in [2.75, 3.05) is 4.90 Å². The van der Waals surface area contributed by atoms with E-state index in [0.717, 1.165) is 11.1 Å². The summed E-state index contributed by atoms with van der Waals surface area (Å²) < 4.78 is 28.6. The van der Waals surface area contributed by atoms with Crippen LogP contribution in [0.1, 0.15) is 25.0 Å². The van der Waals surface area contributed by atoms with E-state index in [-0.39, 0.29) is 23.4 Å². The van der Waals surface area contributed by atoms with Crippen molar-refractivity contribution in [1.82, 2.24) is 4.72 Å². The Morgan fingerprint density at radius 3 is 2.58 bits per heavy atom. The third kappa shape index (κ3) is 3.81. The number of nitrogens with one attached hydrogen (secondary N) is 1. The molecular formula is C18H18BrClN2O3S. The van der Waals surface area contributed by atoms with Gasteiger partial charge in [-0.1, -0.05) is 23.7 Å². The van der Waals surface area contributed by atoms with Crippen LogP contribution in [0, 0.1) is 0 Å². The maximum atomic E-state index is 12.8. The fourth-order valence-corrected chi connectivity index (χ4v) is 5.41. The van der Waals surface area contributed by atoms with Gasteiger partial charge in [0.15, 0.2) is 0 Å². The first-order valence-electron chi connectivity index (χ1n) is 8.05. The molecule has 1 aliphatic heterocycles. The molecule has 5 nitrogen and oxygen atoms in total. The third-order valence-electron chi connectivity index (χ3n) is 4.36. The van der Waals surface area contributed by atoms with Gasteiger partial charge in [0.05, 0.1) is 4.90 Å². The zero-order chi connectivity index (χ0) is 19.1. The first kappa shape index (κ1) is 19.4. The maximum absolute atomic E-state index is 12.8. The van der Waals surface area contributed by atoms with Crippen LogP contribution in [0.3, 0.4) is 0 Å². The van der Waals surface area contributed by atoms with E-state index in [4.69, 9.17) is 11.6 Å². The quantitative estimate of drug-likeness (QED) is 0.758. The van der Waals surface area contributed by atoms with Crippen molar-refractivity contribution >= 4 is 49.1 Å². The summed E-state index contributed by atoms with van der Waals surface area (Å²) in [5.41, 5.74) is 2.41. The van der Waals surface area contributed by atoms with Crippen LogP contribution in [0.2, 0.25) is 5.02 Å². The predicted molar refractivity (Wildman–Crippen MR) is 106 cm³/mol. The van der Waals surface area contributed by atoms with Crippen molar-refractivity contribution in [3.63, 3.8) is 0 Å². The number of hydrogen-bond donors (Lipinski definition) is 1. The summed E-state index contributed by atoms with van der Waals surface area (Å²) in [6, 6.07) is 10.3. The molecule has 1 heterocycles. The Hall–Kier alpha value is -1.41. The lowest BCUT2D eigenvalue weighted by Crippen LogP contribution is -2.33. The molecule has 1 unspecified atom stereocenters. The minimum Gasteiger partial charge on any atom is -0.309 e. The van der Waals surface area contributed by atoms with Gasteiger partial charge >= 0.3 is 0 Å². The van der Waals surface area contributed by atoms with Crippen LogP contribution in [0.15, 0.2) is 45.8 Å². The zero-order valence-corrected chi connectivity index (χ0v) is 17.5. The van der Waals surface area contributed by atoms with Gasteiger partial charge in [-0.3, -0.25) is 4.79 Å². The van der Waals surface area contributed by atoms with Crippen molar-refractivity contribution in [2.24, 2.45) is 0 Å². The van der Waals surface area contributed by atoms with E-state index in [0.29, 0.717) is 21.6 Å². The number of sulfonamides is 1. The lowest BCUT2D eigenvalue weighted by Gasteiger charge is -2.21. The van der Waals surface area contributed by atoms with Gasteiger partial charge in [0.1, 0.15) is 0 Å². The average molecular weight is 458 g/mol. The monoisotopic (exact) mass is 456 g/mol. The molecule has 0 aliphatic carbocycles. The molecule has 0 saturated carbocycles. The summed E-state index contributed by atoms with van der Waals surface area (Å²) in [5.74, 6) is -0.101. The number of benzene rings is 2. The van der Waals surface area contributed by atoms with E-state index >= 15 is 0 Å². The van der Waals surface area contributed by atoms with Crippen LogP contribution in [0.4, 0.5) is 5.69 Å². The predicted octanol–water partition coefficient (Wildman–Crippen LogP) is 3.88. The Morgan fingerprint density at radius 2 is 1.96 bits per heavy atom. The number of carbonyl (C=O) groups is 1. The zero-order valence-electron chi connectivity index (χ0n) is 14.3. The summed E-state index contributed by atoms with van der Waals surface area (Å²) in [6.45, 7) is 3.58. The Labute approximate surface area is 166 Å². The van der Waals surface area contributed by atoms with Gasteiger partial charge in [-0.15, -0.1) is 0 Å². The number of fused-ring (bicyclic) bond motifs is 1. The van der Waals surface area contributed by atoms with Crippen LogP contribution in [-0.2, 0) is 27.8 Å². The molecule has 138 valence electrons. The van der Waals surface area contributed by atoms with Gasteiger partial charge < -0.3 is 4.90 Å². The summed E-state index contributed by atoms with van der Waals surface area (Å²) in [7, 11) is -3.76. The SMILES string of the molecule is CC(=O)N1c2cc(S(=O)(=O)NCc3ccc(Cl)cc3)c(Br)cc2CC1C. The van der Waals surface area contributed by atoms with E-state index in [1.165, 1.54) is 6.92 Å². The number of amides is 1. The first-order valence-corrected chi connectivity index (χ1v) is 10.7. The van der Waals surface area contributed by atoms with Crippen LogP contribution in [-0.4, -0.2) is 20.4 Å². The fourth-order valence-electron chi connectivity index (χ4n) is 3.16. The number of halogens is 2. The van der Waals surface area contributed by atoms with Crippen molar-refractivity contribution in [3.8, 4) is 0 Å². The van der Waals surface area contributed by atoms with E-state index in [2.05, 4.69) is 20.7 Å². The summed E-state index contributed by atoms with van der Waals surface area (Å²) in [5, 5.41) is 0.594. The Bertz CT molecular complexity index is 961. The highest BCUT2D eigenvalue weighted by Gasteiger charge is 2.31. The Balaban J connectivity index is 1.90. The number of anilines is 1. The van der Waals surface area contributed by atoms with Gasteiger partial charge in [0, 0.05) is 34.7 Å². The van der Waals surface area contributed by atoms with Gasteiger partial charge in [0.2, 0.25) is 15.9 Å². The van der Waals surface area contributed by atoms with Gasteiger partial charge in [0.25, 0.3) is 0 Å². The number of carbonyl (C=O) groups excluding carboxylic acids is 1. The molecule has 26 heavy (non-hydrogen) atoms. The number of rotatable bonds is 4. The maximum Gasteiger partial charge on any atom is 0.242 e. The topological polar surface area (TPSA) is 66.5 Å². The second kappa shape index (κ2) is 7.31. The molecule has 0 aromatic heterocycles. The van der Waals surface area contributed by atoms with Gasteiger partial charge in [-0.2, -0.15) is 0 Å². The van der Waals surface area contributed by atoms with E-state index in [9.17, 15) is 13.2 Å². The van der Waals surface area contributed by atoms with Crippen LogP contribution < -0.4 is 9.62 Å². The molecule has 2 aromatic rings. The molecule has 0 bridgehead atoms. The normalized spacial score (nSPS) is 16.6. The highest BCUT2D eigenvalue weighted by atomic mass is 79.9. The molecule has 1 aliphatic rings. The second-order valence-corrected chi connectivity index (χ2v) is 9.33. The molecule has 1 atom stereocenters. The molecule has 0 spiro atoms. The number of nitrogens with zero attached hydrogens (tertiary/aromatic N) is 1. The van der Waals surface area contributed by atoms with Crippen molar-refractivity contribution in [2.45, 2.75) is 37.8 Å². The Morgan fingerprint density at radius 1 is 1.31 bits per heavy atom. The van der Waals surface area contributed by atoms with Crippen molar-refractivity contribution < 1.29 is 13.2 Å². The van der Waals surface area contributed by atoms with Crippen molar-refractivity contribution in [3.05, 3.63) is 57.0 Å². The molecule has 0 radical (unpaired) electrons. The molecule has 2 aromatic carbocycles. The lowest BCUT2D eigenvalue weighted by atomic mass is 10.1. The summed E-state index contributed by atoms with van der Waals surface area (Å²) >= 11 is 9.20. The van der Waals surface area contributed by atoms with Crippen LogP contribution >= 0.6 is 27.5 Å². The first-order chi connectivity index (χ1) is 12.2. The Kier molecular flexibility index (Phi) is 5.44. The largest absolute Gasteiger partial charge is 0.309 e. The minimum atomic E-state index is -3.76. The number of hydrogen-bond acceptors (Lipinski definition) is 3. The molecule has 1 amide bonds. The molecule has 0 fully saturated rings. The fraction of sp³-hybridized carbons (Fsp3) is 0.278. The van der Waals surface area contributed by atoms with Gasteiger partial charge in [-0.05, 0) is 64.7 Å². The lowest BCUT2D eigenvalue weighted by molar-refractivity contribution is -0.116. The van der Waals surface area contributed by atoms with Gasteiger partial charge in [-0.25, -0.2) is 13.1 Å². The molecule has 3 rings (SSSR count). The summed E-state index contributed by atoms with van der Waals surface area (Å²) in [6.07, 6.45) is 0.700. The average Bonchev–Trinajstić information content (AvgIpc) is 2.88. The van der Waals surface area contributed by atoms with Crippen molar-refractivity contribution in [1.29, 1.82) is 0 Å². The van der Waals surface area contributed by atoms with E-state index < -0.39 is 10.0 Å². The smallest absolute Gasteiger partial charge is 0.242 e. The third-order valence-corrected chi connectivity index (χ3v) is 6.97. The highest BCUT2D eigenvalue weighted by Crippen LogP contribution is 2.37. The minimum absolute atomic E-state index is 0.00869. The molecule has 8 heteroatoms. The second-order valence-electron chi connectivity index (χ2n) is 6.30. The van der Waals surface area contributed by atoms with Crippen LogP contribution in [0.25, 0.3) is 0 Å². The van der Waals surface area contributed by atoms with E-state index in [1.807, 2.05) is 6.92 Å². The van der Waals surface area contributed by atoms with E-state index in [1.54, 1.807) is 41.3 Å². The molecule has 0 saturated heterocycles. The molecular weight excluding hydrogens is 440 g/mol.